The number of nitrogens with zero attached hydrogens (tertiary/aromatic N) is 1. The molecular formula is C33H40N4O5. The maximum Gasteiger partial charge on any atom is 0.408 e. The number of ether oxygens (including phenoxy) is 1. The number of alkyl carbamates (subject to hydrolysis) is 1. The SMILES string of the molecule is CC(C)(C)OC(=O)NC(Cc1ccc(C(=O)NCC(c2ccc(-c3ccccc3)cc2)N2CCNCC2)cc1)C(=O)O. The van der Waals surface area contributed by atoms with Gasteiger partial charge in [0.2, 0.25) is 0 Å². The van der Waals surface area contributed by atoms with Gasteiger partial charge in [-0.05, 0) is 55.2 Å². The van der Waals surface area contributed by atoms with Crippen molar-refractivity contribution in [3.8, 4) is 11.1 Å². The number of carboxylic acids is 1. The first-order valence-corrected chi connectivity index (χ1v) is 14.3. The fourth-order valence-electron chi connectivity index (χ4n) is 4.95. The van der Waals surface area contributed by atoms with Crippen LogP contribution in [0.15, 0.2) is 78.9 Å². The zero-order valence-electron chi connectivity index (χ0n) is 24.4. The summed E-state index contributed by atoms with van der Waals surface area (Å²) in [6.07, 6.45) is -0.736. The lowest BCUT2D eigenvalue weighted by Crippen LogP contribution is -2.48. The van der Waals surface area contributed by atoms with E-state index in [2.05, 4.69) is 57.2 Å². The van der Waals surface area contributed by atoms with Crippen molar-refractivity contribution in [3.63, 3.8) is 0 Å². The number of carboxylic acid groups (broad SMARTS) is 1. The van der Waals surface area contributed by atoms with E-state index in [1.807, 2.05) is 18.2 Å². The van der Waals surface area contributed by atoms with Crippen LogP contribution in [0.25, 0.3) is 11.1 Å². The van der Waals surface area contributed by atoms with Gasteiger partial charge in [0.25, 0.3) is 5.91 Å². The molecule has 9 nitrogen and oxygen atoms in total. The smallest absolute Gasteiger partial charge is 0.408 e. The van der Waals surface area contributed by atoms with Gasteiger partial charge in [0.15, 0.2) is 0 Å². The predicted octanol–water partition coefficient (Wildman–Crippen LogP) is 4.25. The Hall–Kier alpha value is -4.21. The van der Waals surface area contributed by atoms with Crippen LogP contribution < -0.4 is 16.0 Å². The summed E-state index contributed by atoms with van der Waals surface area (Å²) in [4.78, 5) is 39.3. The number of amides is 2. The van der Waals surface area contributed by atoms with Crippen molar-refractivity contribution >= 4 is 18.0 Å². The molecule has 0 spiro atoms. The van der Waals surface area contributed by atoms with Crippen molar-refractivity contribution in [2.75, 3.05) is 32.7 Å². The van der Waals surface area contributed by atoms with Crippen LogP contribution in [0.5, 0.6) is 0 Å². The van der Waals surface area contributed by atoms with Crippen LogP contribution in [-0.2, 0) is 16.0 Å². The Bertz CT molecular complexity index is 1330. The minimum atomic E-state index is -1.17. The number of benzene rings is 3. The Morgan fingerprint density at radius 2 is 1.52 bits per heavy atom. The monoisotopic (exact) mass is 572 g/mol. The van der Waals surface area contributed by atoms with Gasteiger partial charge >= 0.3 is 12.1 Å². The van der Waals surface area contributed by atoms with E-state index in [1.54, 1.807) is 45.0 Å². The number of rotatable bonds is 10. The molecule has 3 aromatic carbocycles. The van der Waals surface area contributed by atoms with Crippen LogP contribution in [0.2, 0.25) is 0 Å². The van der Waals surface area contributed by atoms with Gasteiger partial charge in [-0.2, -0.15) is 0 Å². The number of hydrogen-bond acceptors (Lipinski definition) is 6. The van der Waals surface area contributed by atoms with Gasteiger partial charge < -0.3 is 25.8 Å². The molecule has 4 rings (SSSR count). The molecule has 1 heterocycles. The summed E-state index contributed by atoms with van der Waals surface area (Å²) in [6, 6.07) is 24.4. The van der Waals surface area contributed by atoms with Gasteiger partial charge in [0.1, 0.15) is 11.6 Å². The van der Waals surface area contributed by atoms with E-state index < -0.39 is 23.7 Å². The molecule has 2 atom stereocenters. The highest BCUT2D eigenvalue weighted by Gasteiger charge is 2.25. The number of aliphatic carboxylic acids is 1. The maximum atomic E-state index is 13.1. The molecule has 0 aromatic heterocycles. The number of carbonyl (C=O) groups excluding carboxylic acids is 2. The second-order valence-corrected chi connectivity index (χ2v) is 11.4. The van der Waals surface area contributed by atoms with E-state index in [1.165, 1.54) is 0 Å². The minimum absolute atomic E-state index is 0.0235. The van der Waals surface area contributed by atoms with Crippen molar-refractivity contribution in [1.82, 2.24) is 20.9 Å². The Morgan fingerprint density at radius 1 is 0.905 bits per heavy atom. The summed E-state index contributed by atoms with van der Waals surface area (Å²) in [5.74, 6) is -1.37. The molecule has 42 heavy (non-hydrogen) atoms. The third-order valence-corrected chi connectivity index (χ3v) is 7.10. The molecule has 0 saturated carbocycles. The zero-order chi connectivity index (χ0) is 30.1. The normalized spacial score (nSPS) is 15.3. The number of carbonyl (C=O) groups is 3. The van der Waals surface area contributed by atoms with Crippen LogP contribution in [-0.4, -0.2) is 72.3 Å². The predicted molar refractivity (Wildman–Crippen MR) is 162 cm³/mol. The third-order valence-electron chi connectivity index (χ3n) is 7.10. The third kappa shape index (κ3) is 8.89. The number of nitrogens with one attached hydrogen (secondary N) is 3. The van der Waals surface area contributed by atoms with E-state index in [-0.39, 0.29) is 18.4 Å². The fourth-order valence-corrected chi connectivity index (χ4v) is 4.95. The highest BCUT2D eigenvalue weighted by molar-refractivity contribution is 5.94. The summed E-state index contributed by atoms with van der Waals surface area (Å²) >= 11 is 0. The van der Waals surface area contributed by atoms with Crippen molar-refractivity contribution in [3.05, 3.63) is 95.6 Å². The quantitative estimate of drug-likeness (QED) is 0.287. The molecule has 1 fully saturated rings. The molecule has 1 aliphatic rings. The van der Waals surface area contributed by atoms with Crippen molar-refractivity contribution in [2.24, 2.45) is 0 Å². The van der Waals surface area contributed by atoms with E-state index in [0.29, 0.717) is 17.7 Å². The molecular weight excluding hydrogens is 532 g/mol. The van der Waals surface area contributed by atoms with E-state index in [9.17, 15) is 19.5 Å². The Morgan fingerprint density at radius 3 is 2.12 bits per heavy atom. The molecule has 1 aliphatic heterocycles. The standard InChI is InChI=1S/C33H40N4O5/c1-33(2,3)42-32(41)36-28(31(39)40)21-23-9-11-27(12-10-23)30(38)35-22-29(37-19-17-34-18-20-37)26-15-13-25(14-16-26)24-7-5-4-6-8-24/h4-16,28-29,34H,17-22H2,1-3H3,(H,35,38)(H,36,41)(H,39,40). The van der Waals surface area contributed by atoms with Crippen LogP contribution in [0.3, 0.4) is 0 Å². The molecule has 222 valence electrons. The summed E-state index contributed by atoms with van der Waals surface area (Å²) in [5, 5.41) is 18.5. The first-order valence-electron chi connectivity index (χ1n) is 14.3. The van der Waals surface area contributed by atoms with Gasteiger partial charge in [-0.3, -0.25) is 9.69 Å². The van der Waals surface area contributed by atoms with Crippen LogP contribution >= 0.6 is 0 Å². The van der Waals surface area contributed by atoms with Gasteiger partial charge in [0, 0.05) is 44.7 Å². The number of hydrogen-bond donors (Lipinski definition) is 4. The van der Waals surface area contributed by atoms with Crippen LogP contribution in [0.4, 0.5) is 4.79 Å². The average Bonchev–Trinajstić information content (AvgIpc) is 2.97. The summed E-state index contributed by atoms with van der Waals surface area (Å²) < 4.78 is 5.18. The van der Waals surface area contributed by atoms with Crippen molar-refractivity contribution in [2.45, 2.75) is 44.9 Å². The van der Waals surface area contributed by atoms with E-state index in [0.717, 1.165) is 42.9 Å². The van der Waals surface area contributed by atoms with Crippen LogP contribution in [0, 0.1) is 0 Å². The highest BCUT2D eigenvalue weighted by Crippen LogP contribution is 2.25. The summed E-state index contributed by atoms with van der Waals surface area (Å²) in [5.41, 5.74) is 3.86. The van der Waals surface area contributed by atoms with Crippen molar-refractivity contribution < 1.29 is 24.2 Å². The molecule has 0 aliphatic carbocycles. The molecule has 4 N–H and O–H groups in total. The number of piperazine rings is 1. The van der Waals surface area contributed by atoms with E-state index >= 15 is 0 Å². The molecule has 9 heteroatoms. The summed E-state index contributed by atoms with van der Waals surface area (Å²) in [7, 11) is 0. The van der Waals surface area contributed by atoms with Gasteiger partial charge in [-0.15, -0.1) is 0 Å². The fraction of sp³-hybridized carbons (Fsp3) is 0.364. The van der Waals surface area contributed by atoms with Gasteiger partial charge in [-0.1, -0.05) is 66.7 Å². The van der Waals surface area contributed by atoms with Crippen LogP contribution in [0.1, 0.15) is 48.3 Å². The molecule has 3 aromatic rings. The lowest BCUT2D eigenvalue weighted by atomic mass is 9.99. The van der Waals surface area contributed by atoms with Crippen molar-refractivity contribution in [1.29, 1.82) is 0 Å². The van der Waals surface area contributed by atoms with Gasteiger partial charge in [0.05, 0.1) is 6.04 Å². The first kappa shape index (κ1) is 30.7. The molecule has 2 amide bonds. The van der Waals surface area contributed by atoms with Gasteiger partial charge in [-0.25, -0.2) is 9.59 Å². The molecule has 0 radical (unpaired) electrons. The highest BCUT2D eigenvalue weighted by atomic mass is 16.6. The Balaban J connectivity index is 1.39. The zero-order valence-corrected chi connectivity index (χ0v) is 24.4. The average molecular weight is 573 g/mol. The molecule has 1 saturated heterocycles. The lowest BCUT2D eigenvalue weighted by molar-refractivity contribution is -0.139. The first-order chi connectivity index (χ1) is 20.1. The largest absolute Gasteiger partial charge is 0.480 e. The molecule has 2 unspecified atom stereocenters. The van der Waals surface area contributed by atoms with E-state index in [4.69, 9.17) is 4.74 Å². The lowest BCUT2D eigenvalue weighted by Gasteiger charge is -2.35. The topological polar surface area (TPSA) is 120 Å². The summed E-state index contributed by atoms with van der Waals surface area (Å²) in [6.45, 7) is 9.14. The minimum Gasteiger partial charge on any atom is -0.480 e. The maximum absolute atomic E-state index is 13.1. The second kappa shape index (κ2) is 14.1. The molecule has 0 bridgehead atoms. The Labute approximate surface area is 247 Å². The Kier molecular flexibility index (Phi) is 10.3. The second-order valence-electron chi connectivity index (χ2n) is 11.4.